The second-order valence-corrected chi connectivity index (χ2v) is 13.1. The number of carbonyl (C=O) groups excluding carboxylic acids is 1. The highest BCUT2D eigenvalue weighted by molar-refractivity contribution is 7.92. The molecule has 4 aromatic rings. The highest BCUT2D eigenvalue weighted by atomic mass is 32.2. The predicted molar refractivity (Wildman–Crippen MR) is 163 cm³/mol. The van der Waals surface area contributed by atoms with Crippen LogP contribution >= 0.6 is 0 Å². The fraction of sp³-hybridized carbons (Fsp3) is 0.312. The number of nitrogen functional groups attached to an aromatic ring is 1. The van der Waals surface area contributed by atoms with Crippen LogP contribution in [0.3, 0.4) is 0 Å². The van der Waals surface area contributed by atoms with Gasteiger partial charge in [0.1, 0.15) is 23.4 Å². The van der Waals surface area contributed by atoms with E-state index in [-0.39, 0.29) is 16.4 Å². The van der Waals surface area contributed by atoms with E-state index in [0.717, 1.165) is 10.8 Å². The van der Waals surface area contributed by atoms with Gasteiger partial charge in [0.05, 0.1) is 22.8 Å². The molecule has 8 nitrogen and oxygen atoms in total. The maximum atomic E-state index is 15.5. The monoisotopic (exact) mass is 590 g/mol. The number of nitrogens with two attached hydrogens (primary N) is 1. The highest BCUT2D eigenvalue weighted by Crippen LogP contribution is 2.39. The number of benzene rings is 3. The largest absolute Gasteiger partial charge is 0.494 e. The summed E-state index contributed by atoms with van der Waals surface area (Å²) in [6.07, 6.45) is 2.88. The summed E-state index contributed by atoms with van der Waals surface area (Å²) in [5.74, 6) is -0.0949. The van der Waals surface area contributed by atoms with Crippen LogP contribution in [0.2, 0.25) is 0 Å². The molecule has 2 heterocycles. The first-order chi connectivity index (χ1) is 20.1. The fourth-order valence-electron chi connectivity index (χ4n) is 5.52. The normalized spacial score (nSPS) is 16.1. The molecular formula is C32H35FN4O4S. The van der Waals surface area contributed by atoms with Crippen molar-refractivity contribution < 1.29 is 22.3 Å². The molecule has 2 atom stereocenters. The molecule has 0 aliphatic carbocycles. The zero-order valence-corrected chi connectivity index (χ0v) is 24.7. The van der Waals surface area contributed by atoms with Gasteiger partial charge >= 0.3 is 0 Å². The molecule has 3 aromatic carbocycles. The average molecular weight is 591 g/mol. The van der Waals surface area contributed by atoms with Crippen LogP contribution in [-0.2, 0) is 14.6 Å². The minimum atomic E-state index is -3.60. The number of anilines is 2. The maximum absolute atomic E-state index is 15.5. The molecule has 220 valence electrons. The Morgan fingerprint density at radius 2 is 1.93 bits per heavy atom. The van der Waals surface area contributed by atoms with Gasteiger partial charge in [0, 0.05) is 29.4 Å². The Labute approximate surface area is 245 Å². The molecule has 42 heavy (non-hydrogen) atoms. The van der Waals surface area contributed by atoms with Gasteiger partial charge in [-0.05, 0) is 93.1 Å². The minimum Gasteiger partial charge on any atom is -0.494 e. The Balaban J connectivity index is 1.58. The Kier molecular flexibility index (Phi) is 8.36. The van der Waals surface area contributed by atoms with Gasteiger partial charge in [-0.2, -0.15) is 0 Å². The topological polar surface area (TPSA) is 115 Å². The Bertz CT molecular complexity index is 1730. The van der Waals surface area contributed by atoms with Gasteiger partial charge in [0.25, 0.3) is 0 Å². The molecule has 1 aromatic heterocycles. The summed E-state index contributed by atoms with van der Waals surface area (Å²) in [5.41, 5.74) is 7.33. The first-order valence-corrected chi connectivity index (χ1v) is 15.6. The van der Waals surface area contributed by atoms with Crippen LogP contribution in [0, 0.1) is 5.82 Å². The number of amides is 1. The summed E-state index contributed by atoms with van der Waals surface area (Å²) < 4.78 is 47.6. The van der Waals surface area contributed by atoms with Gasteiger partial charge in [0.2, 0.25) is 5.91 Å². The maximum Gasteiger partial charge on any atom is 0.250 e. The smallest absolute Gasteiger partial charge is 0.250 e. The predicted octanol–water partition coefficient (Wildman–Crippen LogP) is 6.05. The van der Waals surface area contributed by atoms with Crippen molar-refractivity contribution >= 4 is 38.0 Å². The van der Waals surface area contributed by atoms with Crippen molar-refractivity contribution in [2.75, 3.05) is 24.2 Å². The molecule has 0 saturated carbocycles. The Morgan fingerprint density at radius 1 is 1.14 bits per heavy atom. The minimum absolute atomic E-state index is 0.133. The SMILES string of the molecule is CCOc1ccc(F)c([C@H](Nc2ccc3c(N)nccc3c2)C(=O)N2CCC[C@@H]2c2ccccc2S(=O)(=O)C(C)C)c1. The molecule has 3 N–H and O–H groups in total. The van der Waals surface area contributed by atoms with Crippen LogP contribution < -0.4 is 15.8 Å². The van der Waals surface area contributed by atoms with E-state index in [4.69, 9.17) is 10.5 Å². The Hall–Kier alpha value is -4.18. The zero-order valence-electron chi connectivity index (χ0n) is 23.9. The summed E-state index contributed by atoms with van der Waals surface area (Å²) in [7, 11) is -3.60. The number of fused-ring (bicyclic) bond motifs is 1. The first kappa shape index (κ1) is 29.3. The van der Waals surface area contributed by atoms with Crippen molar-refractivity contribution in [3.05, 3.63) is 89.9 Å². The number of nitrogens with one attached hydrogen (secondary N) is 1. The van der Waals surface area contributed by atoms with E-state index >= 15 is 4.39 Å². The van der Waals surface area contributed by atoms with Crippen LogP contribution in [0.5, 0.6) is 5.75 Å². The lowest BCUT2D eigenvalue weighted by molar-refractivity contribution is -0.133. The summed E-state index contributed by atoms with van der Waals surface area (Å²) in [5, 5.41) is 4.22. The summed E-state index contributed by atoms with van der Waals surface area (Å²) in [6.45, 7) is 5.91. The first-order valence-electron chi connectivity index (χ1n) is 14.1. The number of aromatic nitrogens is 1. The molecule has 0 radical (unpaired) electrons. The van der Waals surface area contributed by atoms with E-state index in [0.29, 0.717) is 48.8 Å². The van der Waals surface area contributed by atoms with Gasteiger partial charge in [-0.3, -0.25) is 4.79 Å². The number of hydrogen-bond acceptors (Lipinski definition) is 7. The standard InChI is InChI=1S/C32H35FN4O4S/c1-4-41-23-12-14-27(33)26(19-23)30(36-22-11-13-24-21(18-22)15-16-35-31(24)34)32(38)37-17-7-9-28(37)25-8-5-6-10-29(25)42(39,40)20(2)3/h5-6,8,10-16,18-20,28,30,36H,4,7,9,17H2,1-3H3,(H2,34,35)/t28-,30+/m1/s1. The van der Waals surface area contributed by atoms with E-state index in [1.54, 1.807) is 67.4 Å². The number of ether oxygens (including phenoxy) is 1. The number of hydrogen-bond donors (Lipinski definition) is 2. The van der Waals surface area contributed by atoms with Crippen molar-refractivity contribution in [1.82, 2.24) is 9.88 Å². The summed E-state index contributed by atoms with van der Waals surface area (Å²) in [4.78, 5) is 20.5. The van der Waals surface area contributed by atoms with Gasteiger partial charge in [-0.1, -0.05) is 18.2 Å². The molecule has 1 fully saturated rings. The van der Waals surface area contributed by atoms with Crippen LogP contribution in [0.1, 0.15) is 56.8 Å². The molecule has 1 amide bonds. The van der Waals surface area contributed by atoms with E-state index in [2.05, 4.69) is 10.3 Å². The van der Waals surface area contributed by atoms with Crippen molar-refractivity contribution in [2.24, 2.45) is 0 Å². The van der Waals surface area contributed by atoms with Crippen molar-refractivity contribution in [2.45, 2.75) is 55.8 Å². The lowest BCUT2D eigenvalue weighted by Crippen LogP contribution is -2.38. The lowest BCUT2D eigenvalue weighted by atomic mass is 10.0. The third-order valence-corrected chi connectivity index (χ3v) is 9.91. The summed E-state index contributed by atoms with van der Waals surface area (Å²) in [6, 6.07) is 16.8. The second-order valence-electron chi connectivity index (χ2n) is 10.6. The number of nitrogens with zero attached hydrogens (tertiary/aromatic N) is 2. The number of carbonyl (C=O) groups is 1. The van der Waals surface area contributed by atoms with E-state index < -0.39 is 33.0 Å². The molecule has 10 heteroatoms. The van der Waals surface area contributed by atoms with Crippen LogP contribution in [-0.4, -0.2) is 42.6 Å². The van der Waals surface area contributed by atoms with Gasteiger partial charge < -0.3 is 20.7 Å². The van der Waals surface area contributed by atoms with Crippen molar-refractivity contribution in [3.8, 4) is 5.75 Å². The van der Waals surface area contributed by atoms with Gasteiger partial charge in [-0.15, -0.1) is 0 Å². The molecule has 0 unspecified atom stereocenters. The molecular weight excluding hydrogens is 555 g/mol. The van der Waals surface area contributed by atoms with Crippen LogP contribution in [0.15, 0.2) is 77.8 Å². The number of rotatable bonds is 9. The van der Waals surface area contributed by atoms with Gasteiger partial charge in [-0.25, -0.2) is 17.8 Å². The third-order valence-electron chi connectivity index (χ3n) is 7.68. The van der Waals surface area contributed by atoms with E-state index in [1.807, 2.05) is 19.1 Å². The van der Waals surface area contributed by atoms with Gasteiger partial charge in [0.15, 0.2) is 9.84 Å². The average Bonchev–Trinajstić information content (AvgIpc) is 3.47. The van der Waals surface area contributed by atoms with Crippen molar-refractivity contribution in [1.29, 1.82) is 0 Å². The molecule has 1 saturated heterocycles. The highest BCUT2D eigenvalue weighted by Gasteiger charge is 2.38. The zero-order chi connectivity index (χ0) is 30.0. The number of pyridine rings is 1. The second kappa shape index (κ2) is 12.0. The molecule has 5 rings (SSSR count). The quantitative estimate of drug-likeness (QED) is 0.244. The van der Waals surface area contributed by atoms with Crippen LogP contribution in [0.25, 0.3) is 10.8 Å². The molecule has 1 aliphatic heterocycles. The third kappa shape index (κ3) is 5.63. The number of halogens is 1. The van der Waals surface area contributed by atoms with E-state index in [1.165, 1.54) is 12.1 Å². The molecule has 1 aliphatic rings. The lowest BCUT2D eigenvalue weighted by Gasteiger charge is -2.31. The number of likely N-dealkylation sites (tertiary alicyclic amines) is 1. The summed E-state index contributed by atoms with van der Waals surface area (Å²) >= 11 is 0. The number of sulfone groups is 1. The molecule has 0 bridgehead atoms. The molecule has 0 spiro atoms. The Morgan fingerprint density at radius 3 is 2.69 bits per heavy atom. The van der Waals surface area contributed by atoms with Crippen molar-refractivity contribution in [3.63, 3.8) is 0 Å². The van der Waals surface area contributed by atoms with Crippen LogP contribution in [0.4, 0.5) is 15.9 Å². The fourth-order valence-corrected chi connectivity index (χ4v) is 6.83. The van der Waals surface area contributed by atoms with E-state index in [9.17, 15) is 13.2 Å².